The summed E-state index contributed by atoms with van der Waals surface area (Å²) in [6, 6.07) is 7.11. The highest BCUT2D eigenvalue weighted by Gasteiger charge is 2.19. The number of carbonyl (C=O) groups excluding carboxylic acids is 1. The van der Waals surface area contributed by atoms with Crippen molar-refractivity contribution in [2.75, 3.05) is 0 Å². The lowest BCUT2D eigenvalue weighted by Gasteiger charge is -2.04. The molecule has 128 valence electrons. The van der Waals surface area contributed by atoms with Crippen molar-refractivity contribution in [3.8, 4) is 11.3 Å². The Morgan fingerprint density at radius 1 is 1.00 bits per heavy atom. The molecule has 3 rings (SSSR count). The summed E-state index contributed by atoms with van der Waals surface area (Å²) in [5.41, 5.74) is -0.772. The number of aromatic nitrogens is 1. The molecule has 0 N–H and O–H groups in total. The fraction of sp³-hybridized carbons (Fsp3) is 0.0588. The highest BCUT2D eigenvalue weighted by molar-refractivity contribution is 5.90. The van der Waals surface area contributed by atoms with Crippen molar-refractivity contribution in [3.63, 3.8) is 0 Å². The van der Waals surface area contributed by atoms with Gasteiger partial charge < -0.3 is 9.26 Å². The van der Waals surface area contributed by atoms with Crippen LogP contribution in [0.1, 0.15) is 16.1 Å². The van der Waals surface area contributed by atoms with E-state index in [-0.39, 0.29) is 17.0 Å². The van der Waals surface area contributed by atoms with Gasteiger partial charge in [0.2, 0.25) is 0 Å². The summed E-state index contributed by atoms with van der Waals surface area (Å²) in [5, 5.41) is 3.57. The Bertz CT molecular complexity index is 919. The molecule has 0 bridgehead atoms. The smallest absolute Gasteiger partial charge is 0.344 e. The standard InChI is InChI=1S/C17H9F4NO3/c18-9-4-5-11(14(21)6-9)15-7-10(22-25-15)8-24-17(23)16-12(19)2-1-3-13(16)20/h1-7H,8H2. The van der Waals surface area contributed by atoms with Gasteiger partial charge >= 0.3 is 5.97 Å². The van der Waals surface area contributed by atoms with Gasteiger partial charge in [-0.25, -0.2) is 22.4 Å². The van der Waals surface area contributed by atoms with E-state index < -0.39 is 41.4 Å². The average Bonchev–Trinajstić information content (AvgIpc) is 3.01. The van der Waals surface area contributed by atoms with Crippen LogP contribution in [-0.4, -0.2) is 11.1 Å². The Hall–Kier alpha value is -3.16. The quantitative estimate of drug-likeness (QED) is 0.521. The molecule has 0 aliphatic rings. The number of hydrogen-bond donors (Lipinski definition) is 0. The van der Waals surface area contributed by atoms with Crippen LogP contribution >= 0.6 is 0 Å². The third-order valence-corrected chi connectivity index (χ3v) is 3.27. The molecule has 0 saturated heterocycles. The Kier molecular flexibility index (Phi) is 4.51. The van der Waals surface area contributed by atoms with Crippen LogP contribution < -0.4 is 0 Å². The first-order chi connectivity index (χ1) is 12.0. The van der Waals surface area contributed by atoms with Crippen LogP contribution in [0, 0.1) is 23.3 Å². The molecule has 0 aliphatic carbocycles. The van der Waals surface area contributed by atoms with E-state index in [0.29, 0.717) is 6.07 Å². The molecular weight excluding hydrogens is 342 g/mol. The van der Waals surface area contributed by atoms with Gasteiger partial charge in [-0.3, -0.25) is 0 Å². The van der Waals surface area contributed by atoms with Gasteiger partial charge in [-0.15, -0.1) is 0 Å². The maximum absolute atomic E-state index is 13.7. The minimum Gasteiger partial charge on any atom is -0.455 e. The highest BCUT2D eigenvalue weighted by Crippen LogP contribution is 2.24. The first-order valence-corrected chi connectivity index (χ1v) is 6.98. The number of esters is 1. The lowest BCUT2D eigenvalue weighted by Crippen LogP contribution is -2.10. The van der Waals surface area contributed by atoms with E-state index in [1.165, 1.54) is 6.07 Å². The summed E-state index contributed by atoms with van der Waals surface area (Å²) in [6.45, 7) is -0.446. The van der Waals surface area contributed by atoms with Crippen LogP contribution in [0.25, 0.3) is 11.3 Å². The molecule has 0 aliphatic heterocycles. The molecule has 2 aromatic carbocycles. The van der Waals surface area contributed by atoms with Crippen molar-refractivity contribution in [1.29, 1.82) is 0 Å². The zero-order valence-electron chi connectivity index (χ0n) is 12.4. The zero-order valence-corrected chi connectivity index (χ0v) is 12.4. The minimum atomic E-state index is -1.21. The fourth-order valence-corrected chi connectivity index (χ4v) is 2.10. The van der Waals surface area contributed by atoms with Gasteiger partial charge in [0.25, 0.3) is 0 Å². The molecule has 0 fully saturated rings. The average molecular weight is 351 g/mol. The van der Waals surface area contributed by atoms with Gasteiger partial charge in [-0.2, -0.15) is 0 Å². The predicted molar refractivity (Wildman–Crippen MR) is 77.3 cm³/mol. The van der Waals surface area contributed by atoms with Gasteiger partial charge in [-0.1, -0.05) is 11.2 Å². The molecule has 8 heteroatoms. The van der Waals surface area contributed by atoms with Crippen LogP contribution in [-0.2, 0) is 11.3 Å². The largest absolute Gasteiger partial charge is 0.455 e. The Morgan fingerprint density at radius 3 is 2.40 bits per heavy atom. The molecule has 0 unspecified atom stereocenters. The van der Waals surface area contributed by atoms with Gasteiger partial charge in [-0.05, 0) is 24.3 Å². The van der Waals surface area contributed by atoms with E-state index in [1.807, 2.05) is 0 Å². The van der Waals surface area contributed by atoms with E-state index in [1.54, 1.807) is 0 Å². The maximum Gasteiger partial charge on any atom is 0.344 e. The Labute approximate surface area is 138 Å². The van der Waals surface area contributed by atoms with Crippen molar-refractivity contribution in [2.24, 2.45) is 0 Å². The number of rotatable bonds is 4. The SMILES string of the molecule is O=C(OCc1cc(-c2ccc(F)cc2F)on1)c1c(F)cccc1F. The van der Waals surface area contributed by atoms with Gasteiger partial charge in [0.1, 0.15) is 41.1 Å². The summed E-state index contributed by atoms with van der Waals surface area (Å²) >= 11 is 0. The van der Waals surface area contributed by atoms with Crippen molar-refractivity contribution in [2.45, 2.75) is 6.61 Å². The van der Waals surface area contributed by atoms with Crippen LogP contribution in [0.3, 0.4) is 0 Å². The number of benzene rings is 2. The molecule has 0 atom stereocenters. The molecule has 3 aromatic rings. The van der Waals surface area contributed by atoms with Crippen LogP contribution in [0.2, 0.25) is 0 Å². The molecule has 0 spiro atoms. The second-order valence-corrected chi connectivity index (χ2v) is 4.98. The molecule has 1 heterocycles. The van der Waals surface area contributed by atoms with Crippen LogP contribution in [0.4, 0.5) is 17.6 Å². The summed E-state index contributed by atoms with van der Waals surface area (Å²) in [5.74, 6) is -4.94. The molecular formula is C17H9F4NO3. The van der Waals surface area contributed by atoms with Gasteiger partial charge in [0.05, 0.1) is 5.56 Å². The predicted octanol–water partition coefficient (Wildman–Crippen LogP) is 4.26. The topological polar surface area (TPSA) is 52.3 Å². The number of halogens is 4. The number of nitrogens with zero attached hydrogens (tertiary/aromatic N) is 1. The minimum absolute atomic E-state index is 0.0133. The van der Waals surface area contributed by atoms with Crippen molar-refractivity contribution >= 4 is 5.97 Å². The third-order valence-electron chi connectivity index (χ3n) is 3.27. The molecule has 0 saturated carbocycles. The number of hydrogen-bond acceptors (Lipinski definition) is 4. The second-order valence-electron chi connectivity index (χ2n) is 4.98. The van der Waals surface area contributed by atoms with E-state index in [9.17, 15) is 22.4 Å². The first-order valence-electron chi connectivity index (χ1n) is 6.98. The molecule has 0 amide bonds. The second kappa shape index (κ2) is 6.76. The lowest BCUT2D eigenvalue weighted by molar-refractivity contribution is 0.0453. The lowest BCUT2D eigenvalue weighted by atomic mass is 10.1. The summed E-state index contributed by atoms with van der Waals surface area (Å²) < 4.78 is 63.2. The molecule has 1 aromatic heterocycles. The molecule has 4 nitrogen and oxygen atoms in total. The van der Waals surface area contributed by atoms with Crippen molar-refractivity contribution < 1.29 is 31.6 Å². The third kappa shape index (κ3) is 3.52. The van der Waals surface area contributed by atoms with E-state index in [0.717, 1.165) is 30.3 Å². The zero-order chi connectivity index (χ0) is 18.0. The van der Waals surface area contributed by atoms with Gasteiger partial charge in [0.15, 0.2) is 5.76 Å². The highest BCUT2D eigenvalue weighted by atomic mass is 19.1. The normalized spacial score (nSPS) is 10.7. The monoisotopic (exact) mass is 351 g/mol. The Balaban J connectivity index is 1.73. The van der Waals surface area contributed by atoms with Gasteiger partial charge in [0, 0.05) is 12.1 Å². The maximum atomic E-state index is 13.7. The van der Waals surface area contributed by atoms with Crippen molar-refractivity contribution in [1.82, 2.24) is 5.16 Å². The molecule has 25 heavy (non-hydrogen) atoms. The summed E-state index contributed by atoms with van der Waals surface area (Å²) in [4.78, 5) is 11.8. The van der Waals surface area contributed by atoms with Crippen molar-refractivity contribution in [3.05, 3.63) is 77.0 Å². The Morgan fingerprint density at radius 2 is 1.72 bits per heavy atom. The van der Waals surface area contributed by atoms with E-state index >= 15 is 0 Å². The number of carbonyl (C=O) groups is 1. The van der Waals surface area contributed by atoms with Crippen LogP contribution in [0.15, 0.2) is 47.0 Å². The van der Waals surface area contributed by atoms with E-state index in [2.05, 4.69) is 5.16 Å². The molecule has 0 radical (unpaired) electrons. The summed E-state index contributed by atoms with van der Waals surface area (Å²) in [7, 11) is 0. The number of ether oxygens (including phenoxy) is 1. The van der Waals surface area contributed by atoms with E-state index in [4.69, 9.17) is 9.26 Å². The van der Waals surface area contributed by atoms with Crippen LogP contribution in [0.5, 0.6) is 0 Å². The fourth-order valence-electron chi connectivity index (χ4n) is 2.10. The summed E-state index contributed by atoms with van der Waals surface area (Å²) in [6.07, 6.45) is 0. The first kappa shape index (κ1) is 16.7.